The van der Waals surface area contributed by atoms with Crippen LogP contribution in [0.25, 0.3) is 0 Å². The van der Waals surface area contributed by atoms with Gasteiger partial charge in [-0.3, -0.25) is 0 Å². The molecule has 4 heteroatoms. The lowest BCUT2D eigenvalue weighted by Crippen LogP contribution is -2.38. The van der Waals surface area contributed by atoms with E-state index in [9.17, 15) is 10.0 Å². The topological polar surface area (TPSA) is 52.4 Å². The van der Waals surface area contributed by atoms with E-state index in [0.717, 1.165) is 19.1 Å². The van der Waals surface area contributed by atoms with Gasteiger partial charge in [0.1, 0.15) is 13.2 Å². The van der Waals surface area contributed by atoms with Crippen molar-refractivity contribution in [3.05, 3.63) is 5.21 Å². The van der Waals surface area contributed by atoms with Crippen molar-refractivity contribution in [1.82, 2.24) is 0 Å². The van der Waals surface area contributed by atoms with Crippen LogP contribution in [0.4, 0.5) is 0 Å². The molecule has 0 radical (unpaired) electrons. The van der Waals surface area contributed by atoms with Gasteiger partial charge in [0.2, 0.25) is 0 Å². The highest BCUT2D eigenvalue weighted by Crippen LogP contribution is 2.66. The van der Waals surface area contributed by atoms with Gasteiger partial charge < -0.3 is 9.94 Å². The first-order valence-corrected chi connectivity index (χ1v) is 6.23. The fraction of sp³-hybridized carbons (Fsp3) is 0.846. The molecule has 0 unspecified atom stereocenters. The zero-order valence-corrected chi connectivity index (χ0v) is 11.0. The second kappa shape index (κ2) is 3.72. The van der Waals surface area contributed by atoms with Crippen molar-refractivity contribution in [1.29, 1.82) is 0 Å². The number of ether oxygens (including phenoxy) is 1. The summed E-state index contributed by atoms with van der Waals surface area (Å²) in [7, 11) is 1.29. The second-order valence-corrected chi connectivity index (χ2v) is 6.21. The third-order valence-corrected chi connectivity index (χ3v) is 5.26. The Hall–Kier alpha value is -1.06. The van der Waals surface area contributed by atoms with Gasteiger partial charge in [0, 0.05) is 5.41 Å². The van der Waals surface area contributed by atoms with E-state index in [4.69, 9.17) is 4.74 Å². The van der Waals surface area contributed by atoms with Crippen LogP contribution in [0.5, 0.6) is 0 Å². The van der Waals surface area contributed by atoms with E-state index in [1.807, 2.05) is 0 Å². The summed E-state index contributed by atoms with van der Waals surface area (Å²) in [5, 5.41) is 10.8. The lowest BCUT2D eigenvalue weighted by atomic mass is 9.70. The molecule has 2 fully saturated rings. The van der Waals surface area contributed by atoms with E-state index in [-0.39, 0.29) is 16.9 Å². The van der Waals surface area contributed by atoms with E-state index in [1.54, 1.807) is 0 Å². The molecule has 0 aromatic rings. The van der Waals surface area contributed by atoms with Gasteiger partial charge in [-0.25, -0.2) is 9.53 Å². The van der Waals surface area contributed by atoms with E-state index < -0.39 is 5.97 Å². The molecule has 0 heterocycles. The van der Waals surface area contributed by atoms with Crippen LogP contribution in [0.2, 0.25) is 0 Å². The molecule has 0 N–H and O–H groups in total. The molecule has 2 bridgehead atoms. The first-order valence-electron chi connectivity index (χ1n) is 6.23. The minimum atomic E-state index is -0.517. The van der Waals surface area contributed by atoms with E-state index >= 15 is 0 Å². The Labute approximate surface area is 102 Å². The summed E-state index contributed by atoms with van der Waals surface area (Å²) in [4.78, 5) is 11.5. The summed E-state index contributed by atoms with van der Waals surface area (Å²) in [6, 6.07) is 0. The third-order valence-electron chi connectivity index (χ3n) is 5.26. The molecule has 3 atom stereocenters. The Kier molecular flexibility index (Phi) is 2.71. The lowest BCUT2D eigenvalue weighted by Gasteiger charge is -2.38. The standard InChI is InChI=1S/C13H21NO3/c1-12(2)9-5-6-13(12,3)10(7-9)17-11(15)8-14(4)16/h8-10H,5-7H2,1-4H3/b14-8+/t9-,10+,13+/m0/s1. The predicted molar refractivity (Wildman–Crippen MR) is 64.7 cm³/mol. The monoisotopic (exact) mass is 239 g/mol. The Balaban J connectivity index is 2.11. The fourth-order valence-electron chi connectivity index (χ4n) is 3.63. The van der Waals surface area contributed by atoms with Crippen LogP contribution in [-0.4, -0.2) is 30.1 Å². The summed E-state index contributed by atoms with van der Waals surface area (Å²) in [5.74, 6) is 0.118. The Morgan fingerprint density at radius 2 is 2.12 bits per heavy atom. The number of nitrogens with zero attached hydrogens (tertiary/aromatic N) is 1. The minimum Gasteiger partial charge on any atom is -0.624 e. The van der Waals surface area contributed by atoms with Gasteiger partial charge in [-0.2, -0.15) is 0 Å². The highest BCUT2D eigenvalue weighted by Gasteiger charge is 2.62. The SMILES string of the molecule is C/[N+]([O-])=C\C(=O)O[C@@H]1C[C@@H]2CC[C@@]1(C)C2(C)C. The highest BCUT2D eigenvalue weighted by molar-refractivity contribution is 6.21. The van der Waals surface area contributed by atoms with Crippen molar-refractivity contribution in [3.63, 3.8) is 0 Å². The van der Waals surface area contributed by atoms with Gasteiger partial charge in [-0.1, -0.05) is 20.8 Å². The average molecular weight is 239 g/mol. The molecule has 0 aromatic heterocycles. The zero-order valence-electron chi connectivity index (χ0n) is 11.0. The van der Waals surface area contributed by atoms with Crippen LogP contribution in [0, 0.1) is 22.0 Å². The van der Waals surface area contributed by atoms with Crippen molar-refractivity contribution < 1.29 is 14.3 Å². The van der Waals surface area contributed by atoms with Crippen LogP contribution < -0.4 is 0 Å². The number of carbonyl (C=O) groups excluding carboxylic acids is 1. The maximum Gasteiger partial charge on any atom is 0.396 e. The van der Waals surface area contributed by atoms with Gasteiger partial charge >= 0.3 is 5.97 Å². The molecule has 2 aliphatic rings. The summed E-state index contributed by atoms with van der Waals surface area (Å²) < 4.78 is 5.95. The molecule has 4 nitrogen and oxygen atoms in total. The predicted octanol–water partition coefficient (Wildman–Crippen LogP) is 1.96. The van der Waals surface area contributed by atoms with Crippen LogP contribution >= 0.6 is 0 Å². The van der Waals surface area contributed by atoms with Gasteiger partial charge in [0.25, 0.3) is 6.21 Å². The minimum absolute atomic E-state index is 0.0417. The number of hydrogen-bond acceptors (Lipinski definition) is 3. The molecule has 2 aliphatic carbocycles. The zero-order chi connectivity index (χ0) is 12.8. The fourth-order valence-corrected chi connectivity index (χ4v) is 3.63. The van der Waals surface area contributed by atoms with Crippen molar-refractivity contribution in [2.75, 3.05) is 7.05 Å². The van der Waals surface area contributed by atoms with Crippen molar-refractivity contribution in [2.24, 2.45) is 16.7 Å². The maximum atomic E-state index is 11.5. The number of carbonyl (C=O) groups is 1. The van der Waals surface area contributed by atoms with Gasteiger partial charge in [0.05, 0.1) is 0 Å². The summed E-state index contributed by atoms with van der Waals surface area (Å²) in [5.41, 5.74) is 0.282. The highest BCUT2D eigenvalue weighted by atomic mass is 16.5. The second-order valence-electron chi connectivity index (χ2n) is 6.21. The molecule has 0 aromatic carbocycles. The smallest absolute Gasteiger partial charge is 0.396 e. The molecular weight excluding hydrogens is 218 g/mol. The van der Waals surface area contributed by atoms with Crippen LogP contribution in [0.15, 0.2) is 0 Å². The third kappa shape index (κ3) is 1.74. The average Bonchev–Trinajstić information content (AvgIpc) is 2.49. The number of hydroxylamine groups is 1. The number of fused-ring (bicyclic) bond motifs is 2. The van der Waals surface area contributed by atoms with Gasteiger partial charge in [0.15, 0.2) is 0 Å². The Bertz CT molecular complexity index is 371. The molecule has 17 heavy (non-hydrogen) atoms. The molecule has 96 valence electrons. The van der Waals surface area contributed by atoms with E-state index in [0.29, 0.717) is 10.7 Å². The Morgan fingerprint density at radius 1 is 1.47 bits per heavy atom. The molecule has 0 saturated heterocycles. The Morgan fingerprint density at radius 3 is 2.53 bits per heavy atom. The first-order chi connectivity index (χ1) is 7.77. The molecule has 2 saturated carbocycles. The summed E-state index contributed by atoms with van der Waals surface area (Å²) >= 11 is 0. The largest absolute Gasteiger partial charge is 0.624 e. The lowest BCUT2D eigenvalue weighted by molar-refractivity contribution is -0.417. The summed E-state index contributed by atoms with van der Waals surface area (Å²) in [6.45, 7) is 6.74. The van der Waals surface area contributed by atoms with Crippen molar-refractivity contribution >= 4 is 12.2 Å². The quantitative estimate of drug-likeness (QED) is 0.243. The molecule has 0 spiro atoms. The van der Waals surface area contributed by atoms with E-state index in [2.05, 4.69) is 20.8 Å². The molecule has 2 rings (SSSR count). The van der Waals surface area contributed by atoms with E-state index in [1.165, 1.54) is 13.5 Å². The maximum absolute atomic E-state index is 11.5. The van der Waals surface area contributed by atoms with Crippen molar-refractivity contribution in [3.8, 4) is 0 Å². The molecular formula is C13H21NO3. The summed E-state index contributed by atoms with van der Waals surface area (Å²) in [6.07, 6.45) is 4.19. The van der Waals surface area contributed by atoms with Gasteiger partial charge in [-0.05, 0) is 30.6 Å². The van der Waals surface area contributed by atoms with Crippen LogP contribution in [0.1, 0.15) is 40.0 Å². The molecule has 0 amide bonds. The molecule has 0 aliphatic heterocycles. The van der Waals surface area contributed by atoms with Crippen LogP contribution in [0.3, 0.4) is 0 Å². The number of esters is 1. The first kappa shape index (κ1) is 12.4. The van der Waals surface area contributed by atoms with Gasteiger partial charge in [-0.15, -0.1) is 0 Å². The normalized spacial score (nSPS) is 39.4. The number of hydrogen-bond donors (Lipinski definition) is 0. The van der Waals surface area contributed by atoms with Crippen molar-refractivity contribution in [2.45, 2.75) is 46.1 Å². The number of rotatable bonds is 2. The van der Waals surface area contributed by atoms with Crippen LogP contribution in [-0.2, 0) is 9.53 Å².